The summed E-state index contributed by atoms with van der Waals surface area (Å²) in [6.07, 6.45) is 0. The number of nitrogens with one attached hydrogen (secondary N) is 2. The van der Waals surface area contributed by atoms with E-state index in [0.717, 1.165) is 0 Å². The van der Waals surface area contributed by atoms with Gasteiger partial charge in [-0.15, -0.1) is 0 Å². The molecule has 0 fully saturated rings. The van der Waals surface area contributed by atoms with Crippen LogP contribution in [0.4, 0.5) is 11.4 Å². The molecular weight excluding hydrogens is 476 g/mol. The maximum absolute atomic E-state index is 13.1. The third-order valence-corrected chi connectivity index (χ3v) is 7.07. The number of halogens is 1. The van der Waals surface area contributed by atoms with Gasteiger partial charge in [0.1, 0.15) is 0 Å². The van der Waals surface area contributed by atoms with E-state index in [-0.39, 0.29) is 32.5 Å². The number of aryl methyl sites for hydroxylation is 2. The highest BCUT2D eigenvalue weighted by atomic mass is 35.5. The summed E-state index contributed by atoms with van der Waals surface area (Å²) in [6.45, 7) is 3.71. The predicted octanol–water partition coefficient (Wildman–Crippen LogP) is 4.43. The number of hydrogen-bond donors (Lipinski definition) is 2. The number of aromatic nitrogens is 2. The van der Waals surface area contributed by atoms with Crippen LogP contribution < -0.4 is 15.6 Å². The summed E-state index contributed by atoms with van der Waals surface area (Å²) in [6, 6.07) is 17.8. The molecular formula is C24H21ClN4O4S. The number of hydrogen-bond acceptors (Lipinski definition) is 5. The minimum atomic E-state index is -3.99. The van der Waals surface area contributed by atoms with Crippen molar-refractivity contribution in [3.63, 3.8) is 0 Å². The largest absolute Gasteiger partial charge is 0.321 e. The van der Waals surface area contributed by atoms with Crippen LogP contribution in [0.25, 0.3) is 10.8 Å². The van der Waals surface area contributed by atoms with Crippen LogP contribution in [0.2, 0.25) is 5.02 Å². The van der Waals surface area contributed by atoms with E-state index in [1.165, 1.54) is 10.7 Å². The van der Waals surface area contributed by atoms with E-state index in [0.29, 0.717) is 22.9 Å². The highest BCUT2D eigenvalue weighted by Crippen LogP contribution is 2.27. The van der Waals surface area contributed by atoms with Crippen LogP contribution in [0.5, 0.6) is 0 Å². The number of para-hydroxylation sites is 1. The number of rotatable bonds is 6. The van der Waals surface area contributed by atoms with Gasteiger partial charge in [-0.2, -0.15) is 5.10 Å². The second-order valence-corrected chi connectivity index (χ2v) is 9.59. The van der Waals surface area contributed by atoms with E-state index >= 15 is 0 Å². The highest BCUT2D eigenvalue weighted by molar-refractivity contribution is 7.92. The van der Waals surface area contributed by atoms with E-state index in [9.17, 15) is 18.0 Å². The lowest BCUT2D eigenvalue weighted by molar-refractivity contribution is 0.102. The quantitative estimate of drug-likeness (QED) is 0.410. The molecule has 1 amide bonds. The van der Waals surface area contributed by atoms with Crippen LogP contribution in [0.3, 0.4) is 0 Å². The molecule has 10 heteroatoms. The Balaban J connectivity index is 1.70. The second kappa shape index (κ2) is 9.28. The SMILES string of the molecule is CCn1nc(C(=O)Nc2ccc(C)c(S(=O)(=O)Nc3ccccc3Cl)c2)c2ccccc2c1=O. The molecule has 4 aromatic rings. The van der Waals surface area contributed by atoms with Crippen molar-refractivity contribution in [3.8, 4) is 0 Å². The van der Waals surface area contributed by atoms with Crippen LogP contribution in [-0.2, 0) is 16.6 Å². The summed E-state index contributed by atoms with van der Waals surface area (Å²) in [5.74, 6) is -0.565. The fourth-order valence-corrected chi connectivity index (χ4v) is 5.11. The molecule has 8 nitrogen and oxygen atoms in total. The van der Waals surface area contributed by atoms with Crippen LogP contribution in [0.1, 0.15) is 23.0 Å². The third kappa shape index (κ3) is 4.52. The molecule has 0 spiro atoms. The molecule has 0 aliphatic heterocycles. The van der Waals surface area contributed by atoms with Crippen LogP contribution in [0.15, 0.2) is 76.4 Å². The fourth-order valence-electron chi connectivity index (χ4n) is 3.52. The summed E-state index contributed by atoms with van der Waals surface area (Å²) in [7, 11) is -3.99. The standard InChI is InChI=1S/C24H21ClN4O4S/c1-3-29-24(31)18-9-5-4-8-17(18)22(27-29)23(30)26-16-13-12-15(2)21(14-16)34(32,33)28-20-11-7-6-10-19(20)25/h4-14,28H,3H2,1-2H3,(H,26,30). The van der Waals surface area contributed by atoms with Crippen molar-refractivity contribution < 1.29 is 13.2 Å². The van der Waals surface area contributed by atoms with Gasteiger partial charge in [0.25, 0.3) is 21.5 Å². The zero-order valence-electron chi connectivity index (χ0n) is 18.4. The summed E-state index contributed by atoms with van der Waals surface area (Å²) >= 11 is 6.09. The Morgan fingerprint density at radius 1 is 1.03 bits per heavy atom. The Morgan fingerprint density at radius 2 is 1.71 bits per heavy atom. The Labute approximate surface area is 201 Å². The maximum Gasteiger partial charge on any atom is 0.276 e. The minimum absolute atomic E-state index is 0.0124. The lowest BCUT2D eigenvalue weighted by atomic mass is 10.1. The monoisotopic (exact) mass is 496 g/mol. The molecule has 1 heterocycles. The third-order valence-electron chi connectivity index (χ3n) is 5.24. The molecule has 3 aromatic carbocycles. The van der Waals surface area contributed by atoms with Crippen molar-refractivity contribution in [2.24, 2.45) is 0 Å². The number of nitrogens with zero attached hydrogens (tertiary/aromatic N) is 2. The van der Waals surface area contributed by atoms with Crippen molar-refractivity contribution in [3.05, 3.63) is 93.4 Å². The molecule has 0 saturated carbocycles. The molecule has 0 saturated heterocycles. The van der Waals surface area contributed by atoms with Crippen molar-refractivity contribution in [2.45, 2.75) is 25.3 Å². The minimum Gasteiger partial charge on any atom is -0.321 e. The molecule has 174 valence electrons. The molecule has 34 heavy (non-hydrogen) atoms. The van der Waals surface area contributed by atoms with E-state index in [4.69, 9.17) is 11.6 Å². The van der Waals surface area contributed by atoms with Gasteiger partial charge in [-0.3, -0.25) is 14.3 Å². The van der Waals surface area contributed by atoms with Crippen molar-refractivity contribution in [1.82, 2.24) is 9.78 Å². The van der Waals surface area contributed by atoms with Crippen LogP contribution >= 0.6 is 11.6 Å². The van der Waals surface area contributed by atoms with Crippen LogP contribution in [0, 0.1) is 6.92 Å². The Morgan fingerprint density at radius 3 is 2.41 bits per heavy atom. The van der Waals surface area contributed by atoms with Gasteiger partial charge in [-0.25, -0.2) is 13.1 Å². The molecule has 0 unspecified atom stereocenters. The summed E-state index contributed by atoms with van der Waals surface area (Å²) < 4.78 is 29.8. The molecule has 0 atom stereocenters. The number of sulfonamides is 1. The van der Waals surface area contributed by atoms with Gasteiger partial charge in [-0.05, 0) is 49.7 Å². The summed E-state index contributed by atoms with van der Waals surface area (Å²) in [4.78, 5) is 25.6. The van der Waals surface area contributed by atoms with E-state index < -0.39 is 15.9 Å². The van der Waals surface area contributed by atoms with Gasteiger partial charge < -0.3 is 5.32 Å². The van der Waals surface area contributed by atoms with E-state index in [1.807, 2.05) is 0 Å². The maximum atomic E-state index is 13.1. The van der Waals surface area contributed by atoms with Crippen LogP contribution in [-0.4, -0.2) is 24.1 Å². The smallest absolute Gasteiger partial charge is 0.276 e. The number of anilines is 2. The average Bonchev–Trinajstić information content (AvgIpc) is 2.82. The highest BCUT2D eigenvalue weighted by Gasteiger charge is 2.21. The number of carbonyl (C=O) groups is 1. The normalized spacial score (nSPS) is 11.4. The van der Waals surface area contributed by atoms with E-state index in [1.54, 1.807) is 74.5 Å². The first-order chi connectivity index (χ1) is 16.2. The van der Waals surface area contributed by atoms with Crippen molar-refractivity contribution in [1.29, 1.82) is 0 Å². The molecule has 2 N–H and O–H groups in total. The molecule has 1 aromatic heterocycles. The van der Waals surface area contributed by atoms with Gasteiger partial charge in [0.05, 0.1) is 21.0 Å². The van der Waals surface area contributed by atoms with Crippen molar-refractivity contribution >= 4 is 49.7 Å². The predicted molar refractivity (Wildman–Crippen MR) is 133 cm³/mol. The second-order valence-electron chi connectivity index (χ2n) is 7.53. The van der Waals surface area contributed by atoms with Gasteiger partial charge >= 0.3 is 0 Å². The first-order valence-corrected chi connectivity index (χ1v) is 12.3. The zero-order chi connectivity index (χ0) is 24.5. The lowest BCUT2D eigenvalue weighted by Gasteiger charge is -2.14. The molecule has 0 aliphatic carbocycles. The van der Waals surface area contributed by atoms with Gasteiger partial charge in [0.15, 0.2) is 5.69 Å². The number of carbonyl (C=O) groups excluding carboxylic acids is 1. The first-order valence-electron chi connectivity index (χ1n) is 10.4. The molecule has 0 bridgehead atoms. The number of amides is 1. The average molecular weight is 497 g/mol. The first kappa shape index (κ1) is 23.5. The van der Waals surface area contributed by atoms with Gasteiger partial charge in [0, 0.05) is 17.6 Å². The number of benzene rings is 3. The topological polar surface area (TPSA) is 110 Å². The molecule has 4 rings (SSSR count). The van der Waals surface area contributed by atoms with Gasteiger partial charge in [0.2, 0.25) is 0 Å². The Kier molecular flexibility index (Phi) is 6.41. The Hall–Kier alpha value is -3.69. The lowest BCUT2D eigenvalue weighted by Crippen LogP contribution is -2.27. The molecule has 0 radical (unpaired) electrons. The zero-order valence-corrected chi connectivity index (χ0v) is 19.9. The number of fused-ring (bicyclic) bond motifs is 1. The summed E-state index contributed by atoms with van der Waals surface area (Å²) in [5.41, 5.74) is 0.770. The molecule has 0 aliphatic rings. The van der Waals surface area contributed by atoms with Crippen molar-refractivity contribution in [2.75, 3.05) is 10.0 Å². The fraction of sp³-hybridized carbons (Fsp3) is 0.125. The van der Waals surface area contributed by atoms with E-state index in [2.05, 4.69) is 15.1 Å². The Bertz CT molecular complexity index is 1580. The summed E-state index contributed by atoms with van der Waals surface area (Å²) in [5, 5.41) is 7.97. The van der Waals surface area contributed by atoms with Gasteiger partial charge in [-0.1, -0.05) is 48.0 Å².